The standard InChI is InChI=1S/C33H30F2N8O/c1-20-12-21(2)26(33(44)42-10-8-40(18-22(42)3)30-15-27(34)24(17-37)13-28(30)35)14-25(20)32-39-38-31-19-41(9-11-43(31)32)29-7-5-4-6-23(29)16-36/h4-7,12-15,22H,8-11,18-19H2,1-3H3. The molecule has 2 aliphatic rings. The quantitative estimate of drug-likeness (QED) is 0.330. The predicted molar refractivity (Wildman–Crippen MR) is 161 cm³/mol. The van der Waals surface area contributed by atoms with Gasteiger partial charge in [-0.05, 0) is 56.2 Å². The highest BCUT2D eigenvalue weighted by Gasteiger charge is 2.32. The van der Waals surface area contributed by atoms with Gasteiger partial charge in [0.05, 0.1) is 29.0 Å². The van der Waals surface area contributed by atoms with Gasteiger partial charge in [-0.15, -0.1) is 10.2 Å². The van der Waals surface area contributed by atoms with Gasteiger partial charge in [-0.1, -0.05) is 18.2 Å². The van der Waals surface area contributed by atoms with Gasteiger partial charge in [-0.3, -0.25) is 4.79 Å². The van der Waals surface area contributed by atoms with Crippen LogP contribution in [-0.2, 0) is 13.1 Å². The van der Waals surface area contributed by atoms with Gasteiger partial charge >= 0.3 is 0 Å². The fraction of sp³-hybridized carbons (Fsp3) is 0.303. The predicted octanol–water partition coefficient (Wildman–Crippen LogP) is 4.95. The van der Waals surface area contributed by atoms with Crippen molar-refractivity contribution in [3.63, 3.8) is 0 Å². The third kappa shape index (κ3) is 5.01. The Hall–Kier alpha value is -5.29. The van der Waals surface area contributed by atoms with Crippen LogP contribution in [-0.4, -0.2) is 57.8 Å². The SMILES string of the molecule is Cc1cc(C)c(-c2nnc3n2CCN(c2ccccc2C#N)C3)cc1C(=O)N1CCN(c2cc(F)c(C#N)cc2F)CC1C. The summed E-state index contributed by atoms with van der Waals surface area (Å²) in [5, 5.41) is 27.6. The van der Waals surface area contributed by atoms with Crippen LogP contribution in [0.15, 0.2) is 48.5 Å². The van der Waals surface area contributed by atoms with Crippen LogP contribution in [0.3, 0.4) is 0 Å². The number of para-hydroxylation sites is 1. The second kappa shape index (κ2) is 11.4. The molecule has 0 N–H and O–H groups in total. The second-order valence-electron chi connectivity index (χ2n) is 11.3. The topological polar surface area (TPSA) is 105 Å². The summed E-state index contributed by atoms with van der Waals surface area (Å²) in [6.07, 6.45) is 0. The lowest BCUT2D eigenvalue weighted by Crippen LogP contribution is -2.54. The molecule has 3 heterocycles. The number of rotatable bonds is 4. The summed E-state index contributed by atoms with van der Waals surface area (Å²) in [7, 11) is 0. The highest BCUT2D eigenvalue weighted by atomic mass is 19.1. The molecule has 0 spiro atoms. The number of benzene rings is 3. The number of carbonyl (C=O) groups is 1. The summed E-state index contributed by atoms with van der Waals surface area (Å²) in [6.45, 7) is 8.55. The monoisotopic (exact) mass is 592 g/mol. The maximum atomic E-state index is 14.7. The van der Waals surface area contributed by atoms with Gasteiger partial charge in [0.15, 0.2) is 11.6 Å². The Morgan fingerprint density at radius 2 is 1.61 bits per heavy atom. The second-order valence-corrected chi connectivity index (χ2v) is 11.3. The molecular formula is C33H30F2N8O. The molecule has 4 aromatic rings. The van der Waals surface area contributed by atoms with E-state index in [0.717, 1.165) is 40.3 Å². The zero-order valence-corrected chi connectivity index (χ0v) is 24.7. The minimum absolute atomic E-state index is 0.0838. The van der Waals surface area contributed by atoms with E-state index in [-0.39, 0.29) is 23.2 Å². The van der Waals surface area contributed by atoms with Crippen molar-refractivity contribution in [1.82, 2.24) is 19.7 Å². The molecule has 0 radical (unpaired) electrons. The van der Waals surface area contributed by atoms with Crippen molar-refractivity contribution in [1.29, 1.82) is 10.5 Å². The van der Waals surface area contributed by atoms with Gasteiger partial charge in [0.25, 0.3) is 5.91 Å². The molecule has 44 heavy (non-hydrogen) atoms. The van der Waals surface area contributed by atoms with E-state index < -0.39 is 11.6 Å². The summed E-state index contributed by atoms with van der Waals surface area (Å²) in [5.41, 5.74) is 4.42. The first-order chi connectivity index (χ1) is 21.2. The van der Waals surface area contributed by atoms with Crippen molar-refractivity contribution in [3.05, 3.63) is 93.8 Å². The van der Waals surface area contributed by atoms with Crippen molar-refractivity contribution in [2.75, 3.05) is 36.0 Å². The fourth-order valence-electron chi connectivity index (χ4n) is 6.23. The number of nitrogens with zero attached hydrogens (tertiary/aromatic N) is 8. The van der Waals surface area contributed by atoms with Crippen molar-refractivity contribution in [2.45, 2.75) is 39.9 Å². The summed E-state index contributed by atoms with van der Waals surface area (Å²) in [5.74, 6) is -0.102. The minimum atomic E-state index is -0.770. The van der Waals surface area contributed by atoms with Gasteiger partial charge in [0.1, 0.15) is 23.8 Å². The molecule has 1 aromatic heterocycles. The molecule has 2 aliphatic heterocycles. The molecule has 9 nitrogen and oxygen atoms in total. The summed E-state index contributed by atoms with van der Waals surface area (Å²) < 4.78 is 31.1. The van der Waals surface area contributed by atoms with Gasteiger partial charge in [0, 0.05) is 56.0 Å². The van der Waals surface area contributed by atoms with E-state index in [1.807, 2.05) is 51.1 Å². The number of halogens is 2. The van der Waals surface area contributed by atoms with E-state index in [1.54, 1.807) is 21.9 Å². The molecule has 1 fully saturated rings. The Bertz CT molecular complexity index is 1870. The number of nitriles is 2. The van der Waals surface area contributed by atoms with Crippen molar-refractivity contribution in [2.24, 2.45) is 0 Å². The average molecular weight is 593 g/mol. The van der Waals surface area contributed by atoms with Crippen LogP contribution >= 0.6 is 0 Å². The van der Waals surface area contributed by atoms with E-state index in [4.69, 9.17) is 5.26 Å². The molecule has 0 bridgehead atoms. The molecule has 1 saturated heterocycles. The third-order valence-corrected chi connectivity index (χ3v) is 8.55. The minimum Gasteiger partial charge on any atom is -0.365 e. The number of aromatic nitrogens is 3. The molecule has 0 aliphatic carbocycles. The van der Waals surface area contributed by atoms with Crippen LogP contribution in [0.4, 0.5) is 20.2 Å². The highest BCUT2D eigenvalue weighted by Crippen LogP contribution is 2.32. The number of anilines is 2. The van der Waals surface area contributed by atoms with E-state index in [9.17, 15) is 18.8 Å². The van der Waals surface area contributed by atoms with E-state index in [2.05, 4.69) is 25.7 Å². The molecule has 6 rings (SSSR count). The lowest BCUT2D eigenvalue weighted by Gasteiger charge is -2.41. The van der Waals surface area contributed by atoms with E-state index in [1.165, 1.54) is 0 Å². The Kier molecular flexibility index (Phi) is 7.48. The Balaban J connectivity index is 1.24. The van der Waals surface area contributed by atoms with Gasteiger partial charge in [0.2, 0.25) is 0 Å². The van der Waals surface area contributed by atoms with Crippen LogP contribution in [0, 0.1) is 48.1 Å². The Labute approximate surface area is 254 Å². The highest BCUT2D eigenvalue weighted by molar-refractivity contribution is 5.97. The van der Waals surface area contributed by atoms with Crippen LogP contribution in [0.2, 0.25) is 0 Å². The number of carbonyl (C=O) groups excluding carboxylic acids is 1. The van der Waals surface area contributed by atoms with Crippen LogP contribution in [0.1, 0.15) is 45.4 Å². The molecule has 0 saturated carbocycles. The number of hydrogen-bond donors (Lipinski definition) is 0. The zero-order valence-electron chi connectivity index (χ0n) is 24.7. The van der Waals surface area contributed by atoms with Crippen molar-refractivity contribution in [3.8, 4) is 23.5 Å². The van der Waals surface area contributed by atoms with Crippen LogP contribution in [0.25, 0.3) is 11.4 Å². The van der Waals surface area contributed by atoms with E-state index in [0.29, 0.717) is 56.2 Å². The zero-order chi connectivity index (χ0) is 31.1. The number of piperazine rings is 1. The Morgan fingerprint density at radius 3 is 2.36 bits per heavy atom. The molecule has 3 aromatic carbocycles. The molecule has 1 atom stereocenters. The molecule has 222 valence electrons. The van der Waals surface area contributed by atoms with Crippen LogP contribution < -0.4 is 9.80 Å². The number of hydrogen-bond acceptors (Lipinski definition) is 7. The lowest BCUT2D eigenvalue weighted by atomic mass is 9.97. The number of amides is 1. The normalized spacial score (nSPS) is 16.3. The number of aryl methyl sites for hydroxylation is 2. The smallest absolute Gasteiger partial charge is 0.254 e. The van der Waals surface area contributed by atoms with Gasteiger partial charge in [-0.2, -0.15) is 10.5 Å². The van der Waals surface area contributed by atoms with Crippen molar-refractivity contribution >= 4 is 17.3 Å². The third-order valence-electron chi connectivity index (χ3n) is 8.55. The Morgan fingerprint density at radius 1 is 0.864 bits per heavy atom. The summed E-state index contributed by atoms with van der Waals surface area (Å²) in [4.78, 5) is 19.5. The van der Waals surface area contributed by atoms with Gasteiger partial charge in [-0.25, -0.2) is 8.78 Å². The first-order valence-corrected chi connectivity index (χ1v) is 14.4. The van der Waals surface area contributed by atoms with E-state index >= 15 is 0 Å². The first-order valence-electron chi connectivity index (χ1n) is 14.4. The molecule has 1 unspecified atom stereocenters. The number of fused-ring (bicyclic) bond motifs is 1. The maximum absolute atomic E-state index is 14.7. The lowest BCUT2D eigenvalue weighted by molar-refractivity contribution is 0.0673. The molecule has 11 heteroatoms. The molecule has 1 amide bonds. The first kappa shape index (κ1) is 28.8. The fourth-order valence-corrected chi connectivity index (χ4v) is 6.23. The summed E-state index contributed by atoms with van der Waals surface area (Å²) >= 11 is 0. The average Bonchev–Trinajstić information content (AvgIpc) is 3.44. The maximum Gasteiger partial charge on any atom is 0.254 e. The van der Waals surface area contributed by atoms with Crippen LogP contribution in [0.5, 0.6) is 0 Å². The summed E-state index contributed by atoms with van der Waals surface area (Å²) in [6, 6.07) is 17.0. The largest absolute Gasteiger partial charge is 0.365 e. The van der Waals surface area contributed by atoms with Crippen molar-refractivity contribution < 1.29 is 13.6 Å². The molecular weight excluding hydrogens is 562 g/mol. The van der Waals surface area contributed by atoms with Gasteiger partial charge < -0.3 is 19.3 Å².